The number of methoxy groups -OCH3 is 1. The SMILES string of the molecule is COCC(NC(=O)OCC1c2ccccc2-c2ccccc21)C(=O)NCCOCC(=O)O. The number of hydrogen-bond donors (Lipinski definition) is 3. The average molecular weight is 442 g/mol. The minimum Gasteiger partial charge on any atom is -0.480 e. The Kier molecular flexibility index (Phi) is 8.18. The van der Waals surface area contributed by atoms with Crippen molar-refractivity contribution >= 4 is 18.0 Å². The molecule has 1 aliphatic rings. The Bertz CT molecular complexity index is 917. The van der Waals surface area contributed by atoms with Crippen molar-refractivity contribution in [2.24, 2.45) is 0 Å². The van der Waals surface area contributed by atoms with Crippen molar-refractivity contribution in [1.82, 2.24) is 10.6 Å². The molecule has 0 saturated carbocycles. The minimum absolute atomic E-state index is 0.0304. The molecule has 1 aliphatic carbocycles. The first-order valence-electron chi connectivity index (χ1n) is 10.2. The van der Waals surface area contributed by atoms with Gasteiger partial charge in [-0.3, -0.25) is 4.79 Å². The molecule has 3 rings (SSSR count). The van der Waals surface area contributed by atoms with Crippen molar-refractivity contribution < 1.29 is 33.7 Å². The zero-order chi connectivity index (χ0) is 22.9. The predicted octanol–water partition coefficient (Wildman–Crippen LogP) is 1.76. The summed E-state index contributed by atoms with van der Waals surface area (Å²) in [5.41, 5.74) is 4.43. The molecular formula is C23H26N2O7. The summed E-state index contributed by atoms with van der Waals surface area (Å²) in [5.74, 6) is -1.67. The highest BCUT2D eigenvalue weighted by atomic mass is 16.5. The number of carboxylic acid groups (broad SMARTS) is 1. The van der Waals surface area contributed by atoms with E-state index in [4.69, 9.17) is 19.3 Å². The Morgan fingerprint density at radius 2 is 1.66 bits per heavy atom. The maximum Gasteiger partial charge on any atom is 0.407 e. The molecular weight excluding hydrogens is 416 g/mol. The molecule has 9 heteroatoms. The van der Waals surface area contributed by atoms with Crippen LogP contribution in [0.1, 0.15) is 17.0 Å². The molecule has 0 aromatic heterocycles. The Morgan fingerprint density at radius 1 is 1.03 bits per heavy atom. The van der Waals surface area contributed by atoms with E-state index in [1.165, 1.54) is 7.11 Å². The van der Waals surface area contributed by atoms with E-state index < -0.39 is 30.6 Å². The number of carbonyl (C=O) groups excluding carboxylic acids is 2. The minimum atomic E-state index is -1.09. The van der Waals surface area contributed by atoms with E-state index in [-0.39, 0.29) is 32.3 Å². The Hall–Kier alpha value is -3.43. The first-order chi connectivity index (χ1) is 15.5. The highest BCUT2D eigenvalue weighted by Crippen LogP contribution is 2.44. The van der Waals surface area contributed by atoms with Crippen LogP contribution < -0.4 is 10.6 Å². The molecule has 3 N–H and O–H groups in total. The van der Waals surface area contributed by atoms with Crippen molar-refractivity contribution in [2.75, 3.05) is 40.1 Å². The zero-order valence-electron chi connectivity index (χ0n) is 17.7. The first-order valence-corrected chi connectivity index (χ1v) is 10.2. The predicted molar refractivity (Wildman–Crippen MR) is 115 cm³/mol. The summed E-state index contributed by atoms with van der Waals surface area (Å²) in [6.07, 6.45) is -0.730. The molecule has 0 aliphatic heterocycles. The third kappa shape index (κ3) is 5.83. The van der Waals surface area contributed by atoms with Gasteiger partial charge in [0.15, 0.2) is 0 Å². The summed E-state index contributed by atoms with van der Waals surface area (Å²) in [6, 6.07) is 15.0. The molecule has 2 aromatic carbocycles. The van der Waals surface area contributed by atoms with Gasteiger partial charge >= 0.3 is 12.1 Å². The fourth-order valence-electron chi connectivity index (χ4n) is 3.66. The lowest BCUT2D eigenvalue weighted by molar-refractivity contribution is -0.142. The lowest BCUT2D eigenvalue weighted by Gasteiger charge is -2.19. The zero-order valence-corrected chi connectivity index (χ0v) is 17.7. The molecule has 0 spiro atoms. The molecule has 1 atom stereocenters. The van der Waals surface area contributed by atoms with Gasteiger partial charge in [-0.15, -0.1) is 0 Å². The third-order valence-corrected chi connectivity index (χ3v) is 5.06. The number of ether oxygens (including phenoxy) is 3. The molecule has 1 unspecified atom stereocenters. The number of rotatable bonds is 11. The van der Waals surface area contributed by atoms with E-state index in [1.807, 2.05) is 48.5 Å². The van der Waals surface area contributed by atoms with Crippen LogP contribution in [0.2, 0.25) is 0 Å². The number of amides is 2. The van der Waals surface area contributed by atoms with E-state index in [9.17, 15) is 14.4 Å². The molecule has 32 heavy (non-hydrogen) atoms. The van der Waals surface area contributed by atoms with Crippen molar-refractivity contribution in [1.29, 1.82) is 0 Å². The quantitative estimate of drug-likeness (QED) is 0.453. The molecule has 2 aromatic rings. The number of hydrogen-bond acceptors (Lipinski definition) is 6. The van der Waals surface area contributed by atoms with Crippen LogP contribution in [0.5, 0.6) is 0 Å². The highest BCUT2D eigenvalue weighted by molar-refractivity contribution is 5.86. The van der Waals surface area contributed by atoms with Crippen molar-refractivity contribution in [3.05, 3.63) is 59.7 Å². The third-order valence-electron chi connectivity index (χ3n) is 5.06. The summed E-state index contributed by atoms with van der Waals surface area (Å²) in [4.78, 5) is 35.1. The van der Waals surface area contributed by atoms with Gasteiger partial charge in [0.05, 0.1) is 13.2 Å². The highest BCUT2D eigenvalue weighted by Gasteiger charge is 2.29. The standard InChI is InChI=1S/C23H26N2O7/c1-30-13-20(22(28)24-10-11-31-14-21(26)27)25-23(29)32-12-19-17-8-4-2-6-15(17)16-7-3-5-9-18(16)19/h2-9,19-20H,10-14H2,1H3,(H,24,28)(H,25,29)(H,26,27). The Labute approximate surface area is 185 Å². The Balaban J connectivity index is 1.53. The number of nitrogens with one attached hydrogen (secondary N) is 2. The summed E-state index contributed by atoms with van der Waals surface area (Å²) in [5, 5.41) is 13.6. The van der Waals surface area contributed by atoms with E-state index >= 15 is 0 Å². The van der Waals surface area contributed by atoms with Gasteiger partial charge in [0, 0.05) is 19.6 Å². The van der Waals surface area contributed by atoms with Gasteiger partial charge in [0.1, 0.15) is 19.3 Å². The van der Waals surface area contributed by atoms with E-state index in [0.29, 0.717) is 0 Å². The number of carboxylic acids is 1. The van der Waals surface area contributed by atoms with Gasteiger partial charge in [0.2, 0.25) is 5.91 Å². The first kappa shape index (κ1) is 23.2. The number of carbonyl (C=O) groups is 3. The largest absolute Gasteiger partial charge is 0.480 e. The van der Waals surface area contributed by atoms with E-state index in [2.05, 4.69) is 10.6 Å². The van der Waals surface area contributed by atoms with Crippen LogP contribution in [0.25, 0.3) is 11.1 Å². The monoisotopic (exact) mass is 442 g/mol. The molecule has 170 valence electrons. The lowest BCUT2D eigenvalue weighted by Crippen LogP contribution is -2.50. The normalized spacial score (nSPS) is 13.0. The van der Waals surface area contributed by atoms with Crippen LogP contribution in [0.15, 0.2) is 48.5 Å². The van der Waals surface area contributed by atoms with E-state index in [1.54, 1.807) is 0 Å². The smallest absolute Gasteiger partial charge is 0.407 e. The maximum atomic E-state index is 12.4. The fraction of sp³-hybridized carbons (Fsp3) is 0.348. The van der Waals surface area contributed by atoms with E-state index in [0.717, 1.165) is 22.3 Å². The van der Waals surface area contributed by atoms with Crippen LogP contribution >= 0.6 is 0 Å². The summed E-state index contributed by atoms with van der Waals surface area (Å²) < 4.78 is 15.3. The molecule has 0 saturated heterocycles. The second kappa shape index (κ2) is 11.3. The van der Waals surface area contributed by atoms with Crippen LogP contribution in [0, 0.1) is 0 Å². The van der Waals surface area contributed by atoms with Gasteiger partial charge in [0.25, 0.3) is 0 Å². The molecule has 2 amide bonds. The van der Waals surface area contributed by atoms with Gasteiger partial charge in [-0.05, 0) is 22.3 Å². The number of benzene rings is 2. The topological polar surface area (TPSA) is 123 Å². The van der Waals surface area contributed by atoms with Crippen LogP contribution in [0.3, 0.4) is 0 Å². The number of fused-ring (bicyclic) bond motifs is 3. The molecule has 0 heterocycles. The van der Waals surface area contributed by atoms with Crippen molar-refractivity contribution in [3.63, 3.8) is 0 Å². The fourth-order valence-corrected chi connectivity index (χ4v) is 3.66. The van der Waals surface area contributed by atoms with Gasteiger partial charge in [-0.1, -0.05) is 48.5 Å². The van der Waals surface area contributed by atoms with Crippen LogP contribution in [0.4, 0.5) is 4.79 Å². The van der Waals surface area contributed by atoms with Crippen molar-refractivity contribution in [3.8, 4) is 11.1 Å². The van der Waals surface area contributed by atoms with Gasteiger partial charge in [-0.2, -0.15) is 0 Å². The number of aliphatic carboxylic acids is 1. The van der Waals surface area contributed by atoms with Gasteiger partial charge in [-0.25, -0.2) is 9.59 Å². The molecule has 9 nitrogen and oxygen atoms in total. The lowest BCUT2D eigenvalue weighted by atomic mass is 9.98. The maximum absolute atomic E-state index is 12.4. The second-order valence-electron chi connectivity index (χ2n) is 7.22. The van der Waals surface area contributed by atoms with Crippen LogP contribution in [-0.4, -0.2) is 69.2 Å². The number of alkyl carbamates (subject to hydrolysis) is 1. The molecule has 0 radical (unpaired) electrons. The average Bonchev–Trinajstić information content (AvgIpc) is 3.10. The summed E-state index contributed by atoms with van der Waals surface area (Å²) in [6.45, 7) is -0.243. The van der Waals surface area contributed by atoms with Crippen molar-refractivity contribution in [2.45, 2.75) is 12.0 Å². The summed E-state index contributed by atoms with van der Waals surface area (Å²) in [7, 11) is 1.41. The molecule has 0 bridgehead atoms. The molecule has 0 fully saturated rings. The Morgan fingerprint density at radius 3 is 2.25 bits per heavy atom. The van der Waals surface area contributed by atoms with Crippen LogP contribution in [-0.2, 0) is 23.8 Å². The van der Waals surface area contributed by atoms with Gasteiger partial charge < -0.3 is 30.0 Å². The second-order valence-corrected chi connectivity index (χ2v) is 7.22. The summed E-state index contributed by atoms with van der Waals surface area (Å²) >= 11 is 0.